The molecule has 0 spiro atoms. The summed E-state index contributed by atoms with van der Waals surface area (Å²) in [6.07, 6.45) is 7.07. The van der Waals surface area contributed by atoms with Crippen molar-refractivity contribution in [1.82, 2.24) is 0 Å². The van der Waals surface area contributed by atoms with Gasteiger partial charge in [-0.25, -0.2) is 0 Å². The van der Waals surface area contributed by atoms with Crippen LogP contribution < -0.4 is 5.73 Å². The van der Waals surface area contributed by atoms with E-state index in [1.807, 2.05) is 42.5 Å². The van der Waals surface area contributed by atoms with Crippen LogP contribution in [-0.2, 0) is 0 Å². The molecule has 0 unspecified atom stereocenters. The summed E-state index contributed by atoms with van der Waals surface area (Å²) in [5.41, 5.74) is 7.31. The minimum absolute atomic E-state index is 0.985. The van der Waals surface area contributed by atoms with Crippen molar-refractivity contribution in [2.75, 3.05) is 0 Å². The fourth-order valence-corrected chi connectivity index (χ4v) is 0.984. The van der Waals surface area contributed by atoms with Crippen LogP contribution in [0.4, 0.5) is 0 Å². The van der Waals surface area contributed by atoms with Gasteiger partial charge in [0.2, 0.25) is 0 Å². The molecule has 0 aromatic heterocycles. The fraction of sp³-hybridized carbons (Fsp3) is 0. The van der Waals surface area contributed by atoms with E-state index in [1.165, 1.54) is 6.20 Å². The molecule has 2 N–H and O–H groups in total. The highest BCUT2D eigenvalue weighted by Gasteiger charge is 1.90. The second-order valence-electron chi connectivity index (χ2n) is 2.64. The Kier molecular flexibility index (Phi) is 3.58. The van der Waals surface area contributed by atoms with E-state index in [0.717, 1.165) is 11.1 Å². The van der Waals surface area contributed by atoms with Gasteiger partial charge in [-0.3, -0.25) is 0 Å². The Balaban J connectivity index is 2.70. The zero-order valence-corrected chi connectivity index (χ0v) is 7.48. The summed E-state index contributed by atoms with van der Waals surface area (Å²) in [7, 11) is 0. The van der Waals surface area contributed by atoms with Crippen molar-refractivity contribution in [3.63, 3.8) is 0 Å². The van der Waals surface area contributed by atoms with Crippen molar-refractivity contribution in [2.45, 2.75) is 0 Å². The van der Waals surface area contributed by atoms with Crippen LogP contribution in [0.2, 0.25) is 0 Å². The van der Waals surface area contributed by atoms with Crippen LogP contribution in [0.25, 0.3) is 5.57 Å². The molecule has 0 atom stereocenters. The van der Waals surface area contributed by atoms with E-state index < -0.39 is 0 Å². The van der Waals surface area contributed by atoms with Gasteiger partial charge < -0.3 is 5.73 Å². The lowest BCUT2D eigenvalue weighted by Gasteiger charge is -1.97. The van der Waals surface area contributed by atoms with Crippen molar-refractivity contribution in [1.29, 1.82) is 0 Å². The van der Waals surface area contributed by atoms with Crippen molar-refractivity contribution in [3.05, 3.63) is 66.9 Å². The van der Waals surface area contributed by atoms with Gasteiger partial charge in [0.05, 0.1) is 0 Å². The van der Waals surface area contributed by atoms with E-state index in [2.05, 4.69) is 6.58 Å². The molecular weight excluding hydrogens is 158 g/mol. The second-order valence-corrected chi connectivity index (χ2v) is 2.64. The first-order valence-electron chi connectivity index (χ1n) is 4.14. The zero-order chi connectivity index (χ0) is 9.52. The standard InChI is InChI=1S/C12H13N/c1-11(7-5-6-10-13)12-8-3-2-4-9-12/h2-10H,1,13H2/b7-5-,10-6+. The molecule has 1 nitrogen and oxygen atoms in total. The van der Waals surface area contributed by atoms with Gasteiger partial charge in [-0.1, -0.05) is 49.1 Å². The lowest BCUT2D eigenvalue weighted by molar-refractivity contribution is 1.60. The first-order valence-corrected chi connectivity index (χ1v) is 4.14. The van der Waals surface area contributed by atoms with Gasteiger partial charge >= 0.3 is 0 Å². The van der Waals surface area contributed by atoms with Crippen LogP contribution >= 0.6 is 0 Å². The topological polar surface area (TPSA) is 26.0 Å². The highest BCUT2D eigenvalue weighted by Crippen LogP contribution is 2.12. The van der Waals surface area contributed by atoms with E-state index >= 15 is 0 Å². The van der Waals surface area contributed by atoms with Crippen molar-refractivity contribution in [2.24, 2.45) is 5.73 Å². The van der Waals surface area contributed by atoms with Crippen molar-refractivity contribution in [3.8, 4) is 0 Å². The average molecular weight is 171 g/mol. The highest BCUT2D eigenvalue weighted by atomic mass is 14.5. The fourth-order valence-electron chi connectivity index (χ4n) is 0.984. The quantitative estimate of drug-likeness (QED) is 0.695. The molecule has 0 aliphatic heterocycles. The molecule has 66 valence electrons. The number of hydrogen-bond donors (Lipinski definition) is 1. The van der Waals surface area contributed by atoms with Gasteiger partial charge in [0.15, 0.2) is 0 Å². The van der Waals surface area contributed by atoms with Crippen LogP contribution in [0, 0.1) is 0 Å². The summed E-state index contributed by atoms with van der Waals surface area (Å²) < 4.78 is 0. The maximum absolute atomic E-state index is 5.19. The van der Waals surface area contributed by atoms with Gasteiger partial charge in [-0.15, -0.1) is 0 Å². The Hall–Kier alpha value is -1.76. The molecule has 0 aliphatic rings. The van der Waals surface area contributed by atoms with Crippen LogP contribution in [0.5, 0.6) is 0 Å². The molecule has 0 amide bonds. The minimum atomic E-state index is 0.985. The summed E-state index contributed by atoms with van der Waals surface area (Å²) in [6, 6.07) is 10.0. The summed E-state index contributed by atoms with van der Waals surface area (Å²) >= 11 is 0. The van der Waals surface area contributed by atoms with Crippen molar-refractivity contribution < 1.29 is 0 Å². The Morgan fingerprint density at radius 2 is 1.85 bits per heavy atom. The van der Waals surface area contributed by atoms with Gasteiger partial charge in [0.1, 0.15) is 0 Å². The maximum Gasteiger partial charge on any atom is -0.00624 e. The second kappa shape index (κ2) is 4.99. The van der Waals surface area contributed by atoms with Gasteiger partial charge in [0, 0.05) is 0 Å². The minimum Gasteiger partial charge on any atom is -0.405 e. The molecule has 1 aromatic carbocycles. The Bertz CT molecular complexity index is 320. The molecule has 1 aromatic rings. The molecule has 0 heterocycles. The van der Waals surface area contributed by atoms with E-state index in [-0.39, 0.29) is 0 Å². The van der Waals surface area contributed by atoms with E-state index in [4.69, 9.17) is 5.73 Å². The summed E-state index contributed by atoms with van der Waals surface area (Å²) in [5.74, 6) is 0. The number of rotatable bonds is 3. The first-order chi connectivity index (χ1) is 6.34. The molecule has 0 saturated heterocycles. The maximum atomic E-state index is 5.19. The van der Waals surface area contributed by atoms with Gasteiger partial charge in [0.25, 0.3) is 0 Å². The Morgan fingerprint density at radius 3 is 2.46 bits per heavy atom. The van der Waals surface area contributed by atoms with E-state index in [9.17, 15) is 0 Å². The molecule has 1 rings (SSSR count). The highest BCUT2D eigenvalue weighted by molar-refractivity contribution is 5.72. The van der Waals surface area contributed by atoms with Crippen LogP contribution in [-0.4, -0.2) is 0 Å². The molecule has 0 saturated carbocycles. The van der Waals surface area contributed by atoms with E-state index in [0.29, 0.717) is 0 Å². The number of benzene rings is 1. The summed E-state index contributed by atoms with van der Waals surface area (Å²) in [6.45, 7) is 3.94. The van der Waals surface area contributed by atoms with Crippen LogP contribution in [0.1, 0.15) is 5.56 Å². The third-order valence-corrected chi connectivity index (χ3v) is 1.66. The van der Waals surface area contributed by atoms with Gasteiger partial charge in [-0.2, -0.15) is 0 Å². The molecule has 0 fully saturated rings. The largest absolute Gasteiger partial charge is 0.405 e. The molecule has 1 heteroatoms. The number of allylic oxidation sites excluding steroid dienone is 4. The van der Waals surface area contributed by atoms with E-state index in [1.54, 1.807) is 6.08 Å². The van der Waals surface area contributed by atoms with Gasteiger partial charge in [-0.05, 0) is 23.4 Å². The smallest absolute Gasteiger partial charge is 0.00624 e. The molecular formula is C12H13N. The lowest BCUT2D eigenvalue weighted by atomic mass is 10.1. The molecule has 0 radical (unpaired) electrons. The lowest BCUT2D eigenvalue weighted by Crippen LogP contribution is -1.77. The molecule has 13 heavy (non-hydrogen) atoms. The number of nitrogens with two attached hydrogens (primary N) is 1. The van der Waals surface area contributed by atoms with Crippen molar-refractivity contribution >= 4 is 5.57 Å². The first kappa shape index (κ1) is 9.33. The summed E-state index contributed by atoms with van der Waals surface area (Å²) in [5, 5.41) is 0. The Morgan fingerprint density at radius 1 is 1.15 bits per heavy atom. The normalized spacial score (nSPS) is 11.1. The number of hydrogen-bond acceptors (Lipinski definition) is 1. The third kappa shape index (κ3) is 2.99. The molecule has 0 aliphatic carbocycles. The monoisotopic (exact) mass is 171 g/mol. The Labute approximate surface area is 78.9 Å². The van der Waals surface area contributed by atoms with Crippen LogP contribution in [0.3, 0.4) is 0 Å². The molecule has 0 bridgehead atoms. The van der Waals surface area contributed by atoms with Crippen LogP contribution in [0.15, 0.2) is 61.3 Å². The summed E-state index contributed by atoms with van der Waals surface area (Å²) in [4.78, 5) is 0. The average Bonchev–Trinajstić information content (AvgIpc) is 2.19. The SMILES string of the molecule is C=C(/C=C\C=C\N)c1ccccc1. The zero-order valence-electron chi connectivity index (χ0n) is 7.48. The predicted octanol–water partition coefficient (Wildman–Crippen LogP) is 2.73. The predicted molar refractivity (Wildman–Crippen MR) is 57.9 cm³/mol. The third-order valence-electron chi connectivity index (χ3n) is 1.66.